The summed E-state index contributed by atoms with van der Waals surface area (Å²) in [5, 5.41) is 0. The molecule has 0 amide bonds. The van der Waals surface area contributed by atoms with Gasteiger partial charge in [-0.15, -0.1) is 0 Å². The van der Waals surface area contributed by atoms with Crippen LogP contribution in [-0.4, -0.2) is 49.1 Å². The second-order valence-electron chi connectivity index (χ2n) is 11.8. The Morgan fingerprint density at radius 1 is 0.690 bits per heavy atom. The minimum absolute atomic E-state index is 0. The number of nitrogens with zero attached hydrogens (tertiary/aromatic N) is 2. The molecule has 0 aromatic carbocycles. The van der Waals surface area contributed by atoms with Crippen molar-refractivity contribution in [2.24, 2.45) is 53.3 Å². The van der Waals surface area contributed by atoms with Crippen LogP contribution in [0.1, 0.15) is 68.2 Å². The Bertz CT molecular complexity index is 517. The molecule has 0 radical (unpaired) electrons. The van der Waals surface area contributed by atoms with Gasteiger partial charge in [0.15, 0.2) is 0 Å². The summed E-state index contributed by atoms with van der Waals surface area (Å²) in [5.41, 5.74) is 1.83. The third kappa shape index (κ3) is 4.49. The van der Waals surface area contributed by atoms with E-state index in [0.717, 1.165) is 53.3 Å². The molecular weight excluding hydrogens is 352 g/mol. The highest BCUT2D eigenvalue weighted by Crippen LogP contribution is 2.49. The first-order valence-electron chi connectivity index (χ1n) is 12.1. The Balaban J connectivity index is 0.000000155. The Hall–Kier alpha value is -0.340. The molecular formula is C27H50N2. The van der Waals surface area contributed by atoms with Gasteiger partial charge in [0.05, 0.1) is 0 Å². The summed E-state index contributed by atoms with van der Waals surface area (Å²) < 4.78 is 0. The number of piperidine rings is 6. The molecule has 29 heavy (non-hydrogen) atoms. The zero-order chi connectivity index (χ0) is 18.7. The minimum Gasteiger partial charge on any atom is -0.302 e. The second-order valence-corrected chi connectivity index (χ2v) is 11.8. The fourth-order valence-electron chi connectivity index (χ4n) is 8.42. The second kappa shape index (κ2) is 9.03. The van der Waals surface area contributed by atoms with Crippen LogP contribution in [0.2, 0.25) is 0 Å². The Labute approximate surface area is 182 Å². The van der Waals surface area contributed by atoms with Crippen molar-refractivity contribution in [3.63, 3.8) is 0 Å². The largest absolute Gasteiger partial charge is 0.302 e. The smallest absolute Gasteiger partial charge is 0.00476 e. The summed E-state index contributed by atoms with van der Waals surface area (Å²) in [6, 6.07) is 0. The molecule has 0 spiro atoms. The van der Waals surface area contributed by atoms with Gasteiger partial charge in [0.1, 0.15) is 0 Å². The summed E-state index contributed by atoms with van der Waals surface area (Å²) in [5.74, 6) is 8.84. The fraction of sp³-hybridized carbons (Fsp3) is 0.926. The van der Waals surface area contributed by atoms with Crippen molar-refractivity contribution in [1.82, 2.24) is 9.80 Å². The van der Waals surface area contributed by atoms with Crippen molar-refractivity contribution in [3.8, 4) is 0 Å². The van der Waals surface area contributed by atoms with Crippen LogP contribution in [0, 0.1) is 53.3 Å². The highest BCUT2D eigenvalue weighted by atomic mass is 15.2. The van der Waals surface area contributed by atoms with Gasteiger partial charge in [0, 0.05) is 39.3 Å². The normalized spacial score (nSPS) is 45.6. The molecule has 6 saturated heterocycles. The third-order valence-corrected chi connectivity index (χ3v) is 8.81. The number of hydrogen-bond donors (Lipinski definition) is 0. The van der Waals surface area contributed by atoms with Crippen LogP contribution in [0.25, 0.3) is 0 Å². The summed E-state index contributed by atoms with van der Waals surface area (Å²) in [6.07, 6.45) is 8.65. The number of rotatable bonds is 2. The van der Waals surface area contributed by atoms with E-state index in [1.807, 2.05) is 5.57 Å². The van der Waals surface area contributed by atoms with E-state index in [0.29, 0.717) is 0 Å². The SMILES string of the molecule is C.C.CC(C)C1C2CC3CC1CN(C3)C2.CC(C)C=C1C2CC3CC1CN(C3)C2. The van der Waals surface area contributed by atoms with E-state index in [9.17, 15) is 0 Å². The third-order valence-electron chi connectivity index (χ3n) is 8.81. The molecule has 2 nitrogen and oxygen atoms in total. The quantitative estimate of drug-likeness (QED) is 0.519. The van der Waals surface area contributed by atoms with E-state index in [2.05, 4.69) is 43.6 Å². The maximum atomic E-state index is 2.73. The molecule has 6 aliphatic heterocycles. The monoisotopic (exact) mass is 402 g/mol. The van der Waals surface area contributed by atoms with E-state index in [1.165, 1.54) is 52.1 Å². The average Bonchev–Trinajstić information content (AvgIpc) is 2.56. The van der Waals surface area contributed by atoms with Crippen LogP contribution in [0.5, 0.6) is 0 Å². The van der Waals surface area contributed by atoms with Gasteiger partial charge >= 0.3 is 0 Å². The van der Waals surface area contributed by atoms with Crippen molar-refractivity contribution in [1.29, 1.82) is 0 Å². The average molecular weight is 403 g/mol. The summed E-state index contributed by atoms with van der Waals surface area (Å²) in [4.78, 5) is 5.43. The Kier molecular flexibility index (Phi) is 7.26. The molecule has 0 aromatic rings. The van der Waals surface area contributed by atoms with Gasteiger partial charge in [0.2, 0.25) is 0 Å². The van der Waals surface area contributed by atoms with Crippen LogP contribution >= 0.6 is 0 Å². The topological polar surface area (TPSA) is 6.48 Å². The Morgan fingerprint density at radius 2 is 1.17 bits per heavy atom. The molecule has 4 atom stereocenters. The van der Waals surface area contributed by atoms with Crippen LogP contribution in [-0.2, 0) is 0 Å². The van der Waals surface area contributed by atoms with E-state index in [4.69, 9.17) is 0 Å². The maximum Gasteiger partial charge on any atom is 0.00476 e. The molecule has 6 heterocycles. The van der Waals surface area contributed by atoms with E-state index < -0.39 is 0 Å². The van der Waals surface area contributed by atoms with Crippen molar-refractivity contribution in [2.45, 2.75) is 68.2 Å². The van der Waals surface area contributed by atoms with Gasteiger partial charge in [-0.25, -0.2) is 0 Å². The van der Waals surface area contributed by atoms with Gasteiger partial charge < -0.3 is 9.80 Å². The van der Waals surface area contributed by atoms with Gasteiger partial charge in [-0.1, -0.05) is 54.2 Å². The summed E-state index contributed by atoms with van der Waals surface area (Å²) in [7, 11) is 0. The van der Waals surface area contributed by atoms with E-state index >= 15 is 0 Å². The van der Waals surface area contributed by atoms with Crippen LogP contribution in [0.4, 0.5) is 0 Å². The van der Waals surface area contributed by atoms with E-state index in [1.54, 1.807) is 12.8 Å². The van der Waals surface area contributed by atoms with Gasteiger partial charge in [-0.05, 0) is 78.9 Å². The molecule has 0 aromatic heterocycles. The standard InChI is InChI=1S/C13H21N.C12H21N.2CH4/c1-9(2)3-13-11-4-10-5-12(13)8-14(6-10)7-11;1-8(2)12-10-3-9-4-11(12)7-13(5-9)6-10;;/h3,9-12H,4-8H2,1-2H3;8-12H,3-7H2,1-2H3;2*1H4. The number of hydrogen-bond acceptors (Lipinski definition) is 2. The zero-order valence-electron chi connectivity index (χ0n) is 18.2. The van der Waals surface area contributed by atoms with Gasteiger partial charge in [-0.3, -0.25) is 0 Å². The van der Waals surface area contributed by atoms with Crippen molar-refractivity contribution >= 4 is 0 Å². The molecule has 4 unspecified atom stereocenters. The minimum atomic E-state index is 0. The lowest BCUT2D eigenvalue weighted by atomic mass is 9.59. The Morgan fingerprint density at radius 3 is 1.59 bits per heavy atom. The first-order valence-corrected chi connectivity index (χ1v) is 12.1. The molecule has 2 saturated carbocycles. The highest BCUT2D eigenvalue weighted by molar-refractivity contribution is 5.21. The molecule has 8 aliphatic rings. The molecule has 2 heteroatoms. The lowest BCUT2D eigenvalue weighted by Gasteiger charge is -2.57. The molecule has 168 valence electrons. The van der Waals surface area contributed by atoms with Crippen LogP contribution < -0.4 is 0 Å². The van der Waals surface area contributed by atoms with Crippen LogP contribution in [0.3, 0.4) is 0 Å². The maximum absolute atomic E-state index is 2.73. The van der Waals surface area contributed by atoms with E-state index in [-0.39, 0.29) is 14.9 Å². The predicted molar refractivity (Wildman–Crippen MR) is 127 cm³/mol. The lowest BCUT2D eigenvalue weighted by Crippen LogP contribution is -2.58. The first-order chi connectivity index (χ1) is 13.0. The molecule has 0 N–H and O–H groups in total. The number of allylic oxidation sites excluding steroid dienone is 1. The fourth-order valence-corrected chi connectivity index (χ4v) is 8.42. The summed E-state index contributed by atoms with van der Waals surface area (Å²) in [6.45, 7) is 17.9. The van der Waals surface area contributed by atoms with Crippen molar-refractivity contribution < 1.29 is 0 Å². The molecule has 8 rings (SSSR count). The predicted octanol–water partition coefficient (Wildman–Crippen LogP) is 6.04. The zero-order valence-corrected chi connectivity index (χ0v) is 18.2. The molecule has 8 bridgehead atoms. The van der Waals surface area contributed by atoms with Crippen LogP contribution in [0.15, 0.2) is 11.6 Å². The molecule has 2 aliphatic carbocycles. The van der Waals surface area contributed by atoms with Gasteiger partial charge in [-0.2, -0.15) is 0 Å². The molecule has 8 fully saturated rings. The summed E-state index contributed by atoms with van der Waals surface area (Å²) >= 11 is 0. The lowest BCUT2D eigenvalue weighted by molar-refractivity contribution is -0.0797. The van der Waals surface area contributed by atoms with Gasteiger partial charge in [0.25, 0.3) is 0 Å². The highest BCUT2D eigenvalue weighted by Gasteiger charge is 2.48. The van der Waals surface area contributed by atoms with Crippen molar-refractivity contribution in [3.05, 3.63) is 11.6 Å². The van der Waals surface area contributed by atoms with Crippen molar-refractivity contribution in [2.75, 3.05) is 39.3 Å². The first kappa shape index (κ1) is 23.3.